The molecule has 0 spiro atoms. The summed E-state index contributed by atoms with van der Waals surface area (Å²) in [4.78, 5) is 12.6. The molecule has 94 valence electrons. The van der Waals surface area contributed by atoms with Crippen molar-refractivity contribution in [2.75, 3.05) is 0 Å². The van der Waals surface area contributed by atoms with Gasteiger partial charge in [0, 0.05) is 11.6 Å². The molecule has 0 aliphatic rings. The van der Waals surface area contributed by atoms with Crippen LogP contribution in [0.3, 0.4) is 0 Å². The maximum Gasteiger partial charge on any atom is 0.573 e. The van der Waals surface area contributed by atoms with E-state index in [9.17, 15) is 27.7 Å². The average Bonchev–Trinajstić information content (AvgIpc) is 2.18. The smallest absolute Gasteiger partial charge is 0.401 e. The second kappa shape index (κ2) is 4.52. The van der Waals surface area contributed by atoms with Gasteiger partial charge in [-0.25, -0.2) is 4.39 Å². The predicted molar refractivity (Wildman–Crippen MR) is 47.1 cm³/mol. The zero-order chi connectivity index (χ0) is 13.2. The third kappa shape index (κ3) is 3.26. The van der Waals surface area contributed by atoms with Gasteiger partial charge in [-0.15, -0.1) is 13.2 Å². The second-order valence-electron chi connectivity index (χ2n) is 3.01. The van der Waals surface area contributed by atoms with Crippen molar-refractivity contribution < 1.29 is 27.2 Å². The van der Waals surface area contributed by atoms with Gasteiger partial charge in [-0.3, -0.25) is 0 Å². The molecule has 1 rings (SSSR count). The van der Waals surface area contributed by atoms with Crippen molar-refractivity contribution >= 4 is 5.82 Å². The van der Waals surface area contributed by atoms with E-state index in [1.54, 1.807) is 0 Å². The van der Waals surface area contributed by atoms with E-state index in [4.69, 9.17) is 0 Å². The third-order valence-electron chi connectivity index (χ3n) is 1.75. The van der Waals surface area contributed by atoms with E-state index >= 15 is 0 Å². The lowest BCUT2D eigenvalue weighted by atomic mass is 10.2. The van der Waals surface area contributed by atoms with Gasteiger partial charge < -0.3 is 14.9 Å². The summed E-state index contributed by atoms with van der Waals surface area (Å²) < 4.78 is 52.0. The summed E-state index contributed by atoms with van der Waals surface area (Å²) in [5.41, 5.74) is -0.967. The molecular formula is C8H6F4N2O3. The van der Waals surface area contributed by atoms with Crippen molar-refractivity contribution in [1.82, 2.24) is 4.98 Å². The minimum atomic E-state index is -5.01. The standard InChI is InChI=1S/C8H6F4N2O3/c1-4-2-6(14(15)16)13-5(3-9)7(4)17-8(10,11)12/h2H,3H2,1H3. The lowest BCUT2D eigenvalue weighted by Gasteiger charge is -2.11. The zero-order valence-electron chi connectivity index (χ0n) is 8.42. The Morgan fingerprint density at radius 2 is 2.12 bits per heavy atom. The number of rotatable bonds is 3. The van der Waals surface area contributed by atoms with Crippen LogP contribution >= 0.6 is 0 Å². The molecule has 9 heteroatoms. The fourth-order valence-electron chi connectivity index (χ4n) is 1.15. The van der Waals surface area contributed by atoms with Gasteiger partial charge in [0.15, 0.2) is 12.4 Å². The van der Waals surface area contributed by atoms with Gasteiger partial charge in [-0.2, -0.15) is 0 Å². The summed E-state index contributed by atoms with van der Waals surface area (Å²) in [5.74, 6) is -1.57. The van der Waals surface area contributed by atoms with E-state index in [0.29, 0.717) is 0 Å². The predicted octanol–water partition coefficient (Wildman–Crippen LogP) is 2.67. The van der Waals surface area contributed by atoms with Crippen molar-refractivity contribution in [2.24, 2.45) is 0 Å². The van der Waals surface area contributed by atoms with Crippen molar-refractivity contribution in [3.63, 3.8) is 0 Å². The van der Waals surface area contributed by atoms with E-state index in [2.05, 4.69) is 9.72 Å². The highest BCUT2D eigenvalue weighted by atomic mass is 19.4. The molecule has 0 fully saturated rings. The molecule has 0 unspecified atom stereocenters. The number of pyridine rings is 1. The van der Waals surface area contributed by atoms with Crippen LogP contribution in [0.25, 0.3) is 0 Å². The summed E-state index contributed by atoms with van der Waals surface area (Å²) in [5, 5.41) is 10.4. The first-order valence-corrected chi connectivity index (χ1v) is 4.21. The number of ether oxygens (including phenoxy) is 1. The molecule has 0 amide bonds. The van der Waals surface area contributed by atoms with Crippen LogP contribution < -0.4 is 4.74 Å². The summed E-state index contributed by atoms with van der Waals surface area (Å²) in [6, 6.07) is 0.778. The SMILES string of the molecule is Cc1cc([N+](=O)[O-])nc(CF)c1OC(F)(F)F. The monoisotopic (exact) mass is 254 g/mol. The van der Waals surface area contributed by atoms with Crippen LogP contribution in [-0.4, -0.2) is 16.3 Å². The molecule has 0 aliphatic heterocycles. The first-order valence-electron chi connectivity index (χ1n) is 4.21. The molecule has 1 aromatic rings. The normalized spacial score (nSPS) is 11.4. The molecule has 0 saturated heterocycles. The van der Waals surface area contributed by atoms with Gasteiger partial charge >= 0.3 is 12.2 Å². The molecule has 5 nitrogen and oxygen atoms in total. The Kier molecular flexibility index (Phi) is 3.49. The fourth-order valence-corrected chi connectivity index (χ4v) is 1.15. The van der Waals surface area contributed by atoms with E-state index in [0.717, 1.165) is 13.0 Å². The Morgan fingerprint density at radius 1 is 1.53 bits per heavy atom. The molecule has 0 radical (unpaired) electrons. The van der Waals surface area contributed by atoms with Crippen molar-refractivity contribution in [2.45, 2.75) is 20.0 Å². The number of hydrogen-bond donors (Lipinski definition) is 0. The Morgan fingerprint density at radius 3 is 2.53 bits per heavy atom. The van der Waals surface area contributed by atoms with Gasteiger partial charge in [-0.1, -0.05) is 0 Å². The molecule has 0 aliphatic carbocycles. The van der Waals surface area contributed by atoms with Crippen LogP contribution in [0.4, 0.5) is 23.4 Å². The highest BCUT2D eigenvalue weighted by Crippen LogP contribution is 2.31. The number of halogens is 4. The Balaban J connectivity index is 3.26. The van der Waals surface area contributed by atoms with Crippen LogP contribution in [0.2, 0.25) is 0 Å². The summed E-state index contributed by atoms with van der Waals surface area (Å²) in [7, 11) is 0. The summed E-state index contributed by atoms with van der Waals surface area (Å²) >= 11 is 0. The van der Waals surface area contributed by atoms with Crippen molar-refractivity contribution in [1.29, 1.82) is 0 Å². The largest absolute Gasteiger partial charge is 0.573 e. The fraction of sp³-hybridized carbons (Fsp3) is 0.375. The molecule has 0 atom stereocenters. The quantitative estimate of drug-likeness (QED) is 0.472. The topological polar surface area (TPSA) is 65.3 Å². The van der Waals surface area contributed by atoms with E-state index < -0.39 is 35.2 Å². The maximum atomic E-state index is 12.5. The molecule has 17 heavy (non-hydrogen) atoms. The van der Waals surface area contributed by atoms with Crippen molar-refractivity contribution in [3.8, 4) is 5.75 Å². The van der Waals surface area contributed by atoms with Gasteiger partial charge in [-0.05, 0) is 16.8 Å². The molecule has 1 aromatic heterocycles. The molecule has 0 saturated carbocycles. The number of nitro groups is 1. The number of hydrogen-bond acceptors (Lipinski definition) is 4. The van der Waals surface area contributed by atoms with E-state index in [-0.39, 0.29) is 5.56 Å². The van der Waals surface area contributed by atoms with Gasteiger partial charge in [0.25, 0.3) is 0 Å². The van der Waals surface area contributed by atoms with Crippen LogP contribution in [0.1, 0.15) is 11.3 Å². The lowest BCUT2D eigenvalue weighted by Crippen LogP contribution is -2.19. The number of nitrogens with zero attached hydrogens (tertiary/aromatic N) is 2. The Labute approximate surface area is 92.2 Å². The highest BCUT2D eigenvalue weighted by molar-refractivity contribution is 5.42. The third-order valence-corrected chi connectivity index (χ3v) is 1.75. The Hall–Kier alpha value is -1.93. The first-order chi connectivity index (χ1) is 7.74. The van der Waals surface area contributed by atoms with Gasteiger partial charge in [0.05, 0.1) is 0 Å². The highest BCUT2D eigenvalue weighted by Gasteiger charge is 2.35. The molecule has 1 heterocycles. The number of alkyl halides is 4. The molecule has 0 aromatic carbocycles. The van der Waals surface area contributed by atoms with Crippen LogP contribution in [0.15, 0.2) is 6.07 Å². The molecular weight excluding hydrogens is 248 g/mol. The van der Waals surface area contributed by atoms with Crippen LogP contribution in [-0.2, 0) is 6.67 Å². The van der Waals surface area contributed by atoms with Crippen molar-refractivity contribution in [3.05, 3.63) is 27.4 Å². The Bertz CT molecular complexity index is 447. The molecule has 0 N–H and O–H groups in total. The average molecular weight is 254 g/mol. The second-order valence-corrected chi connectivity index (χ2v) is 3.01. The van der Waals surface area contributed by atoms with E-state index in [1.165, 1.54) is 0 Å². The summed E-state index contributed by atoms with van der Waals surface area (Å²) in [6.07, 6.45) is -5.01. The number of aromatic nitrogens is 1. The van der Waals surface area contributed by atoms with E-state index in [1.807, 2.05) is 0 Å². The first kappa shape index (κ1) is 13.1. The maximum absolute atomic E-state index is 12.5. The minimum absolute atomic E-state index is 0.211. The minimum Gasteiger partial charge on any atom is -0.401 e. The van der Waals surface area contributed by atoms with Crippen LogP contribution in [0, 0.1) is 17.0 Å². The van der Waals surface area contributed by atoms with Crippen LogP contribution in [0.5, 0.6) is 5.75 Å². The van der Waals surface area contributed by atoms with Gasteiger partial charge in [0.1, 0.15) is 0 Å². The zero-order valence-corrected chi connectivity index (χ0v) is 8.42. The van der Waals surface area contributed by atoms with Gasteiger partial charge in [0.2, 0.25) is 5.69 Å². The molecule has 0 bridgehead atoms. The summed E-state index contributed by atoms with van der Waals surface area (Å²) in [6.45, 7) is -0.261. The number of aryl methyl sites for hydroxylation is 1. The lowest BCUT2D eigenvalue weighted by molar-refractivity contribution is -0.389.